The van der Waals surface area contributed by atoms with Crippen LogP contribution in [0.2, 0.25) is 5.02 Å². The van der Waals surface area contributed by atoms with Crippen molar-refractivity contribution in [3.63, 3.8) is 0 Å². The molecule has 0 aromatic heterocycles. The van der Waals surface area contributed by atoms with Gasteiger partial charge in [-0.3, -0.25) is 14.4 Å². The molecule has 5 heteroatoms. The van der Waals surface area contributed by atoms with E-state index in [-0.39, 0.29) is 17.6 Å². The lowest BCUT2D eigenvalue weighted by Crippen LogP contribution is -2.42. The molecule has 2 amide bonds. The number of hydrogen-bond donors (Lipinski definition) is 0. The molecule has 4 nitrogen and oxygen atoms in total. The summed E-state index contributed by atoms with van der Waals surface area (Å²) in [5.74, 6) is -2.09. The Morgan fingerprint density at radius 3 is 1.59 bits per heavy atom. The SMILES string of the molecule is CC[C@]12C(=O)[C@](CC)(C(c3ccccc3)=C1c1ccccc1)[C@H]1C(=O)N(c3cccc(Cl)c3C)C(=O)[C@@H]12. The first kappa shape index (κ1) is 23.9. The molecular weight excluding hydrogens is 482 g/mol. The number of Topliss-reactive ketones (excluding diaryl/α,β-unsaturated/α-hetero) is 1. The zero-order chi connectivity index (χ0) is 26.1. The summed E-state index contributed by atoms with van der Waals surface area (Å²) in [6, 6.07) is 25.1. The minimum atomic E-state index is -1.08. The van der Waals surface area contributed by atoms with E-state index in [0.29, 0.717) is 29.1 Å². The van der Waals surface area contributed by atoms with Crippen molar-refractivity contribution in [2.24, 2.45) is 22.7 Å². The third-order valence-electron chi connectivity index (χ3n) is 9.04. The third-order valence-corrected chi connectivity index (χ3v) is 9.45. The van der Waals surface area contributed by atoms with Crippen LogP contribution in [0.15, 0.2) is 78.9 Å². The molecule has 0 unspecified atom stereocenters. The van der Waals surface area contributed by atoms with Gasteiger partial charge in [-0.05, 0) is 59.7 Å². The standard InChI is InChI=1S/C32H28ClNO3/c1-4-31-24(20-13-8-6-9-14-20)25(21-15-10-7-11-16-21)32(5-2,30(31)37)27-26(31)28(35)34(29(27)36)23-18-12-17-22(33)19(23)3/h6-18,26-27H,4-5H2,1-3H3/t26-,27-,31-,32+/m1/s1. The van der Waals surface area contributed by atoms with Crippen molar-refractivity contribution in [1.29, 1.82) is 0 Å². The van der Waals surface area contributed by atoms with Crippen LogP contribution in [0, 0.1) is 29.6 Å². The number of hydrogen-bond acceptors (Lipinski definition) is 3. The molecule has 1 aliphatic heterocycles. The number of fused-ring (bicyclic) bond motifs is 5. The number of benzene rings is 3. The van der Waals surface area contributed by atoms with Crippen LogP contribution >= 0.6 is 11.6 Å². The van der Waals surface area contributed by atoms with E-state index < -0.39 is 22.7 Å². The van der Waals surface area contributed by atoms with Crippen LogP contribution in [0.5, 0.6) is 0 Å². The number of nitrogens with zero attached hydrogens (tertiary/aromatic N) is 1. The summed E-state index contributed by atoms with van der Waals surface area (Å²) < 4.78 is 0. The van der Waals surface area contributed by atoms with Crippen molar-refractivity contribution in [2.75, 3.05) is 4.90 Å². The van der Waals surface area contributed by atoms with Gasteiger partial charge in [0.05, 0.1) is 28.4 Å². The van der Waals surface area contributed by atoms with Crippen molar-refractivity contribution in [2.45, 2.75) is 33.6 Å². The Morgan fingerprint density at radius 2 is 1.16 bits per heavy atom. The number of halogens is 1. The predicted octanol–water partition coefficient (Wildman–Crippen LogP) is 6.75. The van der Waals surface area contributed by atoms with Crippen molar-refractivity contribution in [1.82, 2.24) is 0 Å². The second-order valence-corrected chi connectivity index (χ2v) is 10.7. The van der Waals surface area contributed by atoms with E-state index in [9.17, 15) is 14.4 Å². The second-order valence-electron chi connectivity index (χ2n) is 10.3. The Hall–Kier alpha value is -3.50. The van der Waals surface area contributed by atoms with Crippen LogP contribution in [-0.4, -0.2) is 17.6 Å². The maximum absolute atomic E-state index is 14.7. The fourth-order valence-electron chi connectivity index (χ4n) is 7.53. The van der Waals surface area contributed by atoms with Gasteiger partial charge in [-0.25, -0.2) is 4.90 Å². The first-order chi connectivity index (χ1) is 17.9. The zero-order valence-corrected chi connectivity index (χ0v) is 21.9. The Bertz CT molecular complexity index is 1410. The molecule has 37 heavy (non-hydrogen) atoms. The minimum Gasteiger partial charge on any atom is -0.298 e. The van der Waals surface area contributed by atoms with Gasteiger partial charge < -0.3 is 0 Å². The fourth-order valence-corrected chi connectivity index (χ4v) is 7.70. The third kappa shape index (κ3) is 2.77. The van der Waals surface area contributed by atoms with Crippen molar-refractivity contribution >= 4 is 46.0 Å². The topological polar surface area (TPSA) is 54.5 Å². The molecule has 4 atom stereocenters. The Balaban J connectivity index is 1.68. The Morgan fingerprint density at radius 1 is 0.703 bits per heavy atom. The predicted molar refractivity (Wildman–Crippen MR) is 146 cm³/mol. The lowest BCUT2D eigenvalue weighted by atomic mass is 9.60. The normalized spacial score (nSPS) is 28.4. The van der Waals surface area contributed by atoms with Crippen LogP contribution in [-0.2, 0) is 14.4 Å². The molecule has 186 valence electrons. The van der Waals surface area contributed by atoms with Crippen LogP contribution in [0.4, 0.5) is 5.69 Å². The number of carbonyl (C=O) groups is 3. The average molecular weight is 510 g/mol. The average Bonchev–Trinajstić information content (AvgIpc) is 3.42. The van der Waals surface area contributed by atoms with Crippen molar-refractivity contribution < 1.29 is 14.4 Å². The highest BCUT2D eigenvalue weighted by Gasteiger charge is 2.80. The van der Waals surface area contributed by atoms with Crippen LogP contribution in [0.3, 0.4) is 0 Å². The molecule has 0 N–H and O–H groups in total. The molecule has 2 bridgehead atoms. The molecule has 2 fully saturated rings. The van der Waals surface area contributed by atoms with Crippen LogP contribution in [0.25, 0.3) is 11.1 Å². The molecule has 6 rings (SSSR count). The monoisotopic (exact) mass is 509 g/mol. The Labute approximate surface area is 221 Å². The second kappa shape index (κ2) is 8.26. The highest BCUT2D eigenvalue weighted by Crippen LogP contribution is 2.75. The van der Waals surface area contributed by atoms with Gasteiger partial charge in [0, 0.05) is 5.02 Å². The van der Waals surface area contributed by atoms with E-state index in [4.69, 9.17) is 11.6 Å². The van der Waals surface area contributed by atoms with Gasteiger partial charge in [0.15, 0.2) is 5.78 Å². The number of amides is 2. The van der Waals surface area contributed by atoms with E-state index in [1.54, 1.807) is 18.2 Å². The summed E-state index contributed by atoms with van der Waals surface area (Å²) in [5.41, 5.74) is 2.69. The molecule has 1 saturated heterocycles. The number of rotatable bonds is 5. The van der Waals surface area contributed by atoms with Crippen molar-refractivity contribution in [3.05, 3.63) is 101 Å². The molecule has 3 aromatic carbocycles. The zero-order valence-electron chi connectivity index (χ0n) is 21.1. The summed E-state index contributed by atoms with van der Waals surface area (Å²) in [6.45, 7) is 5.77. The van der Waals surface area contributed by atoms with E-state index in [2.05, 4.69) is 0 Å². The van der Waals surface area contributed by atoms with Gasteiger partial charge in [0.2, 0.25) is 11.8 Å². The first-order valence-electron chi connectivity index (χ1n) is 12.9. The van der Waals surface area contributed by atoms with Crippen LogP contribution in [0.1, 0.15) is 43.4 Å². The van der Waals surface area contributed by atoms with Gasteiger partial charge in [-0.1, -0.05) is 92.2 Å². The van der Waals surface area contributed by atoms with Gasteiger partial charge in [-0.2, -0.15) is 0 Å². The fraction of sp³-hybridized carbons (Fsp3) is 0.281. The minimum absolute atomic E-state index is 0.0156. The molecule has 2 aliphatic carbocycles. The van der Waals surface area contributed by atoms with E-state index in [1.165, 1.54) is 4.90 Å². The molecule has 0 radical (unpaired) electrons. The largest absolute Gasteiger partial charge is 0.298 e. The summed E-state index contributed by atoms with van der Waals surface area (Å²) >= 11 is 6.41. The van der Waals surface area contributed by atoms with E-state index >= 15 is 0 Å². The summed E-state index contributed by atoms with van der Waals surface area (Å²) in [6.07, 6.45) is 0.882. The molecule has 1 saturated carbocycles. The molecule has 1 heterocycles. The molecule has 0 spiro atoms. The first-order valence-corrected chi connectivity index (χ1v) is 13.3. The van der Waals surface area contributed by atoms with E-state index in [0.717, 1.165) is 22.3 Å². The van der Waals surface area contributed by atoms with E-state index in [1.807, 2.05) is 81.4 Å². The quantitative estimate of drug-likeness (QED) is 0.357. The lowest BCUT2D eigenvalue weighted by molar-refractivity contribution is -0.134. The Kier molecular flexibility index (Phi) is 5.33. The smallest absolute Gasteiger partial charge is 0.239 e. The maximum atomic E-state index is 14.7. The number of ketones is 1. The molecular formula is C32H28ClNO3. The summed E-state index contributed by atoms with van der Waals surface area (Å²) in [7, 11) is 0. The maximum Gasteiger partial charge on any atom is 0.239 e. The van der Waals surface area contributed by atoms with Crippen LogP contribution < -0.4 is 4.90 Å². The summed E-state index contributed by atoms with van der Waals surface area (Å²) in [5, 5.41) is 0.498. The lowest BCUT2D eigenvalue weighted by Gasteiger charge is -2.38. The highest BCUT2D eigenvalue weighted by molar-refractivity contribution is 6.36. The molecule has 3 aliphatic rings. The van der Waals surface area contributed by atoms with Crippen molar-refractivity contribution in [3.8, 4) is 0 Å². The van der Waals surface area contributed by atoms with Gasteiger partial charge in [0.1, 0.15) is 0 Å². The number of anilines is 1. The number of carbonyl (C=O) groups excluding carboxylic acids is 3. The highest BCUT2D eigenvalue weighted by atomic mass is 35.5. The number of imide groups is 1. The van der Waals surface area contributed by atoms with Gasteiger partial charge in [0.25, 0.3) is 0 Å². The van der Waals surface area contributed by atoms with Gasteiger partial charge >= 0.3 is 0 Å². The number of allylic oxidation sites excluding steroid dienone is 2. The summed E-state index contributed by atoms with van der Waals surface area (Å²) in [4.78, 5) is 44.7. The van der Waals surface area contributed by atoms with Gasteiger partial charge in [-0.15, -0.1) is 0 Å². The molecule has 3 aromatic rings.